The van der Waals surface area contributed by atoms with Gasteiger partial charge in [0.25, 0.3) is 5.91 Å². The number of nitrogens with zero attached hydrogens (tertiary/aromatic N) is 3. The molecule has 260 valence electrons. The molecule has 0 bridgehead atoms. The number of ether oxygens (including phenoxy) is 2. The van der Waals surface area contributed by atoms with Crippen molar-refractivity contribution < 1.29 is 19.1 Å². The Hall–Kier alpha value is -4.14. The summed E-state index contributed by atoms with van der Waals surface area (Å²) in [6.45, 7) is 5.61. The van der Waals surface area contributed by atoms with E-state index < -0.39 is 0 Å². The zero-order valence-corrected chi connectivity index (χ0v) is 30.6. The van der Waals surface area contributed by atoms with Crippen molar-refractivity contribution in [2.24, 2.45) is 11.3 Å². The van der Waals surface area contributed by atoms with Gasteiger partial charge >= 0.3 is 0 Å². The third-order valence-corrected chi connectivity index (χ3v) is 11.7. The van der Waals surface area contributed by atoms with E-state index in [-0.39, 0.29) is 17.2 Å². The fourth-order valence-electron chi connectivity index (χ4n) is 8.28. The highest BCUT2D eigenvalue weighted by Gasteiger charge is 2.48. The van der Waals surface area contributed by atoms with Gasteiger partial charge in [-0.25, -0.2) is 0 Å². The molecule has 1 spiro atoms. The predicted octanol–water partition coefficient (Wildman–Crippen LogP) is 7.43. The molecule has 8 heteroatoms. The number of benzene rings is 4. The predicted molar refractivity (Wildman–Crippen MR) is 200 cm³/mol. The average molecular weight is 737 g/mol. The molecule has 0 aromatic heterocycles. The smallest absolute Gasteiger partial charge is 0.254 e. The lowest BCUT2D eigenvalue weighted by atomic mass is 9.76. The maximum absolute atomic E-state index is 13.9. The van der Waals surface area contributed by atoms with Crippen LogP contribution >= 0.6 is 15.9 Å². The first kappa shape index (κ1) is 34.3. The van der Waals surface area contributed by atoms with E-state index in [0.29, 0.717) is 48.5 Å². The van der Waals surface area contributed by atoms with Gasteiger partial charge in [0.2, 0.25) is 5.91 Å². The lowest BCUT2D eigenvalue weighted by Gasteiger charge is -2.39. The molecule has 3 aliphatic rings. The summed E-state index contributed by atoms with van der Waals surface area (Å²) in [7, 11) is 3.19. The molecular formula is C42H46BrN3O4. The normalized spacial score (nSPS) is 20.4. The molecule has 2 amide bonds. The van der Waals surface area contributed by atoms with Crippen LogP contribution in [0.4, 0.5) is 0 Å². The first-order chi connectivity index (χ1) is 24.3. The van der Waals surface area contributed by atoms with Crippen molar-refractivity contribution in [3.63, 3.8) is 0 Å². The Kier molecular flexibility index (Phi) is 10.3. The maximum atomic E-state index is 13.9. The molecule has 3 fully saturated rings. The number of carbonyl (C=O) groups excluding carboxylic acids is 2. The summed E-state index contributed by atoms with van der Waals surface area (Å²) in [6, 6.07) is 33.2. The number of hydrogen-bond acceptors (Lipinski definition) is 5. The van der Waals surface area contributed by atoms with Crippen molar-refractivity contribution in [3.05, 3.63) is 129 Å². The highest BCUT2D eigenvalue weighted by atomic mass is 79.9. The SMILES string of the molecule is COc1ccc(C(=O)N2C[C@H](CN3CCC4(CC3)CCN(Cc3ccc(Cc5ccc(Br)cc5)cc3)C4=O)[C@@H](c3ccccc3)C2)cc1OC. The van der Waals surface area contributed by atoms with Crippen LogP contribution in [-0.2, 0) is 17.8 Å². The third-order valence-electron chi connectivity index (χ3n) is 11.2. The van der Waals surface area contributed by atoms with Crippen LogP contribution in [0.25, 0.3) is 0 Å². The lowest BCUT2D eigenvalue weighted by molar-refractivity contribution is -0.139. The van der Waals surface area contributed by atoms with Gasteiger partial charge in [-0.3, -0.25) is 9.59 Å². The van der Waals surface area contributed by atoms with Crippen molar-refractivity contribution in [3.8, 4) is 11.5 Å². The molecule has 0 unspecified atom stereocenters. The molecule has 50 heavy (non-hydrogen) atoms. The van der Waals surface area contributed by atoms with Crippen LogP contribution in [0.3, 0.4) is 0 Å². The molecule has 0 saturated carbocycles. The fraction of sp³-hybridized carbons (Fsp3) is 0.381. The van der Waals surface area contributed by atoms with Gasteiger partial charge in [-0.05, 0) is 97.3 Å². The van der Waals surface area contributed by atoms with E-state index in [2.05, 4.69) is 98.5 Å². The molecule has 7 rings (SSSR count). The number of amides is 2. The van der Waals surface area contributed by atoms with Crippen LogP contribution in [0.1, 0.15) is 57.8 Å². The zero-order valence-electron chi connectivity index (χ0n) is 29.0. The third kappa shape index (κ3) is 7.33. The summed E-state index contributed by atoms with van der Waals surface area (Å²) in [4.78, 5) is 34.3. The van der Waals surface area contributed by atoms with Crippen LogP contribution in [-0.4, -0.2) is 80.0 Å². The summed E-state index contributed by atoms with van der Waals surface area (Å²) in [6.07, 6.45) is 3.62. The molecule has 4 aromatic carbocycles. The van der Waals surface area contributed by atoms with Gasteiger partial charge in [-0.1, -0.05) is 82.7 Å². The number of carbonyl (C=O) groups is 2. The quantitative estimate of drug-likeness (QED) is 0.170. The number of rotatable bonds is 10. The Bertz CT molecular complexity index is 1790. The molecule has 3 heterocycles. The Morgan fingerprint density at radius 3 is 2.10 bits per heavy atom. The molecule has 3 saturated heterocycles. The molecule has 7 nitrogen and oxygen atoms in total. The van der Waals surface area contributed by atoms with E-state index in [4.69, 9.17) is 9.47 Å². The van der Waals surface area contributed by atoms with Crippen molar-refractivity contribution in [1.29, 1.82) is 0 Å². The molecule has 4 aromatic rings. The minimum Gasteiger partial charge on any atom is -0.493 e. The van der Waals surface area contributed by atoms with E-state index in [1.807, 2.05) is 17.0 Å². The summed E-state index contributed by atoms with van der Waals surface area (Å²) in [5.74, 6) is 2.06. The molecular weight excluding hydrogens is 690 g/mol. The van der Waals surface area contributed by atoms with Gasteiger partial charge in [-0.15, -0.1) is 0 Å². The molecule has 3 aliphatic heterocycles. The Labute approximate surface area is 304 Å². The molecule has 2 atom stereocenters. The summed E-state index contributed by atoms with van der Waals surface area (Å²) in [5, 5.41) is 0. The van der Waals surface area contributed by atoms with Crippen LogP contribution in [0.5, 0.6) is 11.5 Å². The van der Waals surface area contributed by atoms with E-state index >= 15 is 0 Å². The standard InChI is InChI=1S/C42H46BrN3O4/c1-49-38-17-14-34(25-39(38)50-2)40(47)46-28-35(37(29-46)33-6-4-3-5-7-33)27-44-21-18-42(19-22-44)20-23-45(41(42)48)26-32-10-8-30(9-11-32)24-31-12-15-36(43)16-13-31/h3-17,25,35,37H,18-24,26-29H2,1-2H3/t35-,37+/m0/s1. The minimum atomic E-state index is -0.248. The van der Waals surface area contributed by atoms with E-state index in [1.54, 1.807) is 26.4 Å². The van der Waals surface area contributed by atoms with Gasteiger partial charge in [0.15, 0.2) is 11.5 Å². The summed E-state index contributed by atoms with van der Waals surface area (Å²) in [5.41, 5.74) is 5.38. The van der Waals surface area contributed by atoms with Crippen molar-refractivity contribution in [1.82, 2.24) is 14.7 Å². The zero-order chi connectivity index (χ0) is 34.7. The van der Waals surface area contributed by atoms with Gasteiger partial charge < -0.3 is 24.2 Å². The minimum absolute atomic E-state index is 0.0165. The van der Waals surface area contributed by atoms with Crippen molar-refractivity contribution in [2.45, 2.75) is 38.1 Å². The van der Waals surface area contributed by atoms with Crippen LogP contribution in [0.15, 0.2) is 102 Å². The van der Waals surface area contributed by atoms with Crippen LogP contribution < -0.4 is 9.47 Å². The average Bonchev–Trinajstić information content (AvgIpc) is 3.71. The van der Waals surface area contributed by atoms with Crippen LogP contribution in [0.2, 0.25) is 0 Å². The number of hydrogen-bond donors (Lipinski definition) is 0. The van der Waals surface area contributed by atoms with E-state index in [1.165, 1.54) is 22.3 Å². The molecule has 0 radical (unpaired) electrons. The monoisotopic (exact) mass is 735 g/mol. The maximum Gasteiger partial charge on any atom is 0.254 e. The highest BCUT2D eigenvalue weighted by Crippen LogP contribution is 2.43. The second-order valence-corrected chi connectivity index (χ2v) is 15.2. The first-order valence-electron chi connectivity index (χ1n) is 17.7. The van der Waals surface area contributed by atoms with Crippen molar-refractivity contribution in [2.75, 3.05) is 53.5 Å². The van der Waals surface area contributed by atoms with Crippen LogP contribution in [0, 0.1) is 11.3 Å². The Morgan fingerprint density at radius 2 is 1.42 bits per heavy atom. The number of likely N-dealkylation sites (tertiary alicyclic amines) is 3. The lowest BCUT2D eigenvalue weighted by Crippen LogP contribution is -2.46. The second-order valence-electron chi connectivity index (χ2n) is 14.2. The number of piperidine rings is 1. The largest absolute Gasteiger partial charge is 0.493 e. The van der Waals surface area contributed by atoms with Crippen molar-refractivity contribution >= 4 is 27.7 Å². The summed E-state index contributed by atoms with van der Waals surface area (Å²) >= 11 is 3.51. The van der Waals surface area contributed by atoms with Gasteiger partial charge in [-0.2, -0.15) is 0 Å². The van der Waals surface area contributed by atoms with Gasteiger partial charge in [0.1, 0.15) is 0 Å². The van der Waals surface area contributed by atoms with Gasteiger partial charge in [0.05, 0.1) is 19.6 Å². The topological polar surface area (TPSA) is 62.3 Å². The number of halogens is 1. The molecule has 0 N–H and O–H groups in total. The molecule has 0 aliphatic carbocycles. The second kappa shape index (κ2) is 15.0. The Morgan fingerprint density at radius 1 is 0.780 bits per heavy atom. The van der Waals surface area contributed by atoms with E-state index in [0.717, 1.165) is 56.3 Å². The summed E-state index contributed by atoms with van der Waals surface area (Å²) < 4.78 is 12.0. The van der Waals surface area contributed by atoms with E-state index in [9.17, 15) is 9.59 Å². The Balaban J connectivity index is 0.961. The first-order valence-corrected chi connectivity index (χ1v) is 18.5. The fourth-order valence-corrected chi connectivity index (χ4v) is 8.54. The van der Waals surface area contributed by atoms with Gasteiger partial charge in [0, 0.05) is 48.7 Å². The highest BCUT2D eigenvalue weighted by molar-refractivity contribution is 9.10. The number of methoxy groups -OCH3 is 2.